The number of carbonyl (C=O) groups is 1. The standard InChI is InChI=1S/C27H34N4O2/c1-19(2)28-27(32)33-26-22-12-8-9-13-24(22)29-25(21-10-6-5-7-11-21)23(26)18-30-14-16-31(17-15-30)20(3)4/h5-13,19-20H,14-18H2,1-4H3,(H,28,32). The number of hydrogen-bond acceptors (Lipinski definition) is 5. The minimum absolute atomic E-state index is 0.00763. The molecule has 0 spiro atoms. The fourth-order valence-electron chi connectivity index (χ4n) is 4.34. The number of para-hydroxylation sites is 1. The van der Waals surface area contributed by atoms with E-state index in [4.69, 9.17) is 9.72 Å². The van der Waals surface area contributed by atoms with Crippen molar-refractivity contribution >= 4 is 17.0 Å². The molecule has 1 aliphatic rings. The second-order valence-electron chi connectivity index (χ2n) is 9.25. The van der Waals surface area contributed by atoms with Gasteiger partial charge >= 0.3 is 6.09 Å². The summed E-state index contributed by atoms with van der Waals surface area (Å²) in [6, 6.07) is 18.6. The predicted molar refractivity (Wildman–Crippen MR) is 133 cm³/mol. The number of fused-ring (bicyclic) bond motifs is 1. The molecule has 6 nitrogen and oxygen atoms in total. The lowest BCUT2D eigenvalue weighted by atomic mass is 10.0. The van der Waals surface area contributed by atoms with E-state index in [1.165, 1.54) is 0 Å². The summed E-state index contributed by atoms with van der Waals surface area (Å²) in [4.78, 5) is 22.7. The highest BCUT2D eigenvalue weighted by molar-refractivity contribution is 5.92. The lowest BCUT2D eigenvalue weighted by Gasteiger charge is -2.37. The average Bonchev–Trinajstić information content (AvgIpc) is 2.80. The molecule has 1 aliphatic heterocycles. The van der Waals surface area contributed by atoms with Crippen LogP contribution in [0.15, 0.2) is 54.6 Å². The Morgan fingerprint density at radius 1 is 0.970 bits per heavy atom. The minimum atomic E-state index is -0.439. The van der Waals surface area contributed by atoms with Gasteiger partial charge in [-0.1, -0.05) is 42.5 Å². The van der Waals surface area contributed by atoms with E-state index in [1.54, 1.807) is 0 Å². The SMILES string of the molecule is CC(C)NC(=O)Oc1c(CN2CCN(C(C)C)CC2)c(-c2ccccc2)nc2ccccc12. The Morgan fingerprint density at radius 2 is 1.64 bits per heavy atom. The first-order valence-corrected chi connectivity index (χ1v) is 11.8. The quantitative estimate of drug-likeness (QED) is 0.582. The summed E-state index contributed by atoms with van der Waals surface area (Å²) in [6.07, 6.45) is -0.439. The Hall–Kier alpha value is -2.96. The van der Waals surface area contributed by atoms with E-state index in [0.717, 1.165) is 53.9 Å². The number of nitrogens with one attached hydrogen (secondary N) is 1. The number of piperazine rings is 1. The number of pyridine rings is 1. The number of carbonyl (C=O) groups excluding carboxylic acids is 1. The first-order valence-electron chi connectivity index (χ1n) is 11.8. The Bertz CT molecular complexity index is 1090. The van der Waals surface area contributed by atoms with Gasteiger partial charge < -0.3 is 10.1 Å². The summed E-state index contributed by atoms with van der Waals surface area (Å²) in [5, 5.41) is 3.72. The van der Waals surface area contributed by atoms with E-state index >= 15 is 0 Å². The predicted octanol–water partition coefficient (Wildman–Crippen LogP) is 4.92. The van der Waals surface area contributed by atoms with Gasteiger partial charge in [-0.2, -0.15) is 0 Å². The van der Waals surface area contributed by atoms with Crippen LogP contribution in [0.25, 0.3) is 22.2 Å². The molecular formula is C27H34N4O2. The van der Waals surface area contributed by atoms with Gasteiger partial charge in [0.2, 0.25) is 0 Å². The van der Waals surface area contributed by atoms with Crippen LogP contribution in [0.4, 0.5) is 4.79 Å². The molecule has 4 rings (SSSR count). The summed E-state index contributed by atoms with van der Waals surface area (Å²) < 4.78 is 6.01. The molecule has 0 atom stereocenters. The minimum Gasteiger partial charge on any atom is -0.409 e. The van der Waals surface area contributed by atoms with Crippen molar-refractivity contribution in [2.24, 2.45) is 0 Å². The summed E-state index contributed by atoms with van der Waals surface area (Å²) >= 11 is 0. The Labute approximate surface area is 196 Å². The van der Waals surface area contributed by atoms with Gasteiger partial charge in [-0.25, -0.2) is 9.78 Å². The Balaban J connectivity index is 1.78. The highest BCUT2D eigenvalue weighted by Crippen LogP contribution is 2.37. The first-order chi connectivity index (χ1) is 15.9. The highest BCUT2D eigenvalue weighted by Gasteiger charge is 2.25. The van der Waals surface area contributed by atoms with Crippen LogP contribution in [0.5, 0.6) is 5.75 Å². The fraction of sp³-hybridized carbons (Fsp3) is 0.407. The molecule has 2 heterocycles. The smallest absolute Gasteiger partial charge is 0.409 e. The van der Waals surface area contributed by atoms with E-state index in [1.807, 2.05) is 56.3 Å². The molecule has 0 saturated carbocycles. The number of hydrogen-bond donors (Lipinski definition) is 1. The highest BCUT2D eigenvalue weighted by atomic mass is 16.6. The molecule has 3 aromatic rings. The van der Waals surface area contributed by atoms with E-state index in [9.17, 15) is 4.79 Å². The average molecular weight is 447 g/mol. The molecule has 0 aliphatic carbocycles. The number of amides is 1. The molecule has 1 amide bonds. The van der Waals surface area contributed by atoms with Crippen LogP contribution in [0.1, 0.15) is 33.3 Å². The van der Waals surface area contributed by atoms with Crippen LogP contribution in [-0.2, 0) is 6.54 Å². The second kappa shape index (κ2) is 10.3. The fourth-order valence-corrected chi connectivity index (χ4v) is 4.34. The molecule has 2 aromatic carbocycles. The number of benzene rings is 2. The van der Waals surface area contributed by atoms with Gasteiger partial charge in [0.1, 0.15) is 5.75 Å². The van der Waals surface area contributed by atoms with Crippen LogP contribution in [0, 0.1) is 0 Å². The Kier molecular flexibility index (Phi) is 7.26. The third-order valence-corrected chi connectivity index (χ3v) is 6.11. The van der Waals surface area contributed by atoms with Crippen LogP contribution < -0.4 is 10.1 Å². The van der Waals surface area contributed by atoms with Gasteiger partial charge in [-0.3, -0.25) is 9.80 Å². The molecule has 0 unspecified atom stereocenters. The first kappa shape index (κ1) is 23.2. The van der Waals surface area contributed by atoms with E-state index < -0.39 is 6.09 Å². The normalized spacial score (nSPS) is 15.3. The van der Waals surface area contributed by atoms with Crippen molar-refractivity contribution < 1.29 is 9.53 Å². The lowest BCUT2D eigenvalue weighted by Crippen LogP contribution is -2.48. The van der Waals surface area contributed by atoms with Crippen molar-refractivity contribution in [3.05, 3.63) is 60.2 Å². The maximum atomic E-state index is 12.7. The molecule has 1 fully saturated rings. The molecule has 1 saturated heterocycles. The molecule has 1 aromatic heterocycles. The third kappa shape index (κ3) is 5.52. The number of rotatable bonds is 6. The molecular weight excluding hydrogens is 412 g/mol. The Morgan fingerprint density at radius 3 is 2.30 bits per heavy atom. The third-order valence-electron chi connectivity index (χ3n) is 6.11. The monoisotopic (exact) mass is 446 g/mol. The van der Waals surface area contributed by atoms with Crippen molar-refractivity contribution in [2.75, 3.05) is 26.2 Å². The van der Waals surface area contributed by atoms with Crippen LogP contribution in [0.3, 0.4) is 0 Å². The summed E-state index contributed by atoms with van der Waals surface area (Å²) in [7, 11) is 0. The lowest BCUT2D eigenvalue weighted by molar-refractivity contribution is 0.103. The number of ether oxygens (including phenoxy) is 1. The maximum absolute atomic E-state index is 12.7. The topological polar surface area (TPSA) is 57.7 Å². The van der Waals surface area contributed by atoms with Gasteiger partial charge in [0.15, 0.2) is 0 Å². The van der Waals surface area contributed by atoms with Gasteiger partial charge in [0.25, 0.3) is 0 Å². The summed E-state index contributed by atoms with van der Waals surface area (Å²) in [6.45, 7) is 13.0. The van der Waals surface area contributed by atoms with Crippen LogP contribution >= 0.6 is 0 Å². The van der Waals surface area contributed by atoms with Crippen molar-refractivity contribution in [1.29, 1.82) is 0 Å². The molecule has 1 N–H and O–H groups in total. The largest absolute Gasteiger partial charge is 0.412 e. The van der Waals surface area contributed by atoms with Crippen LogP contribution in [0.2, 0.25) is 0 Å². The molecule has 174 valence electrons. The zero-order valence-corrected chi connectivity index (χ0v) is 20.0. The van der Waals surface area contributed by atoms with Crippen molar-refractivity contribution in [2.45, 2.75) is 46.3 Å². The maximum Gasteiger partial charge on any atom is 0.412 e. The molecule has 0 bridgehead atoms. The van der Waals surface area contributed by atoms with Gasteiger partial charge in [-0.15, -0.1) is 0 Å². The van der Waals surface area contributed by atoms with Gasteiger partial charge in [-0.05, 0) is 39.8 Å². The summed E-state index contributed by atoms with van der Waals surface area (Å²) in [5.74, 6) is 0.601. The van der Waals surface area contributed by atoms with E-state index in [-0.39, 0.29) is 6.04 Å². The second-order valence-corrected chi connectivity index (χ2v) is 9.25. The summed E-state index contributed by atoms with van der Waals surface area (Å²) in [5.41, 5.74) is 3.66. The zero-order valence-electron chi connectivity index (χ0n) is 20.0. The van der Waals surface area contributed by atoms with Crippen molar-refractivity contribution in [3.8, 4) is 17.0 Å². The van der Waals surface area contributed by atoms with Gasteiger partial charge in [0.05, 0.1) is 11.2 Å². The van der Waals surface area contributed by atoms with Crippen molar-refractivity contribution in [3.63, 3.8) is 0 Å². The van der Waals surface area contributed by atoms with Gasteiger partial charge in [0, 0.05) is 61.3 Å². The molecule has 6 heteroatoms. The number of nitrogens with zero attached hydrogens (tertiary/aromatic N) is 3. The van der Waals surface area contributed by atoms with E-state index in [2.05, 4.69) is 41.1 Å². The van der Waals surface area contributed by atoms with E-state index in [0.29, 0.717) is 18.3 Å². The van der Waals surface area contributed by atoms with Crippen LogP contribution in [-0.4, -0.2) is 59.1 Å². The van der Waals surface area contributed by atoms with Crippen molar-refractivity contribution in [1.82, 2.24) is 20.1 Å². The molecule has 33 heavy (non-hydrogen) atoms. The molecule has 0 radical (unpaired) electrons. The number of aromatic nitrogens is 1. The zero-order chi connectivity index (χ0) is 23.4.